The predicted octanol–water partition coefficient (Wildman–Crippen LogP) is 5.98. The van der Waals surface area contributed by atoms with Crippen LogP contribution in [-0.2, 0) is 0 Å². The summed E-state index contributed by atoms with van der Waals surface area (Å²) in [7, 11) is 0. The van der Waals surface area contributed by atoms with E-state index in [0.29, 0.717) is 27.4 Å². The first-order valence-corrected chi connectivity index (χ1v) is 9.20. The summed E-state index contributed by atoms with van der Waals surface area (Å²) < 4.78 is 0. The summed E-state index contributed by atoms with van der Waals surface area (Å²) in [5, 5.41) is 5.48. The molecule has 0 spiro atoms. The van der Waals surface area contributed by atoms with Crippen molar-refractivity contribution in [1.82, 2.24) is 0 Å². The number of rotatable bonds is 4. The van der Waals surface area contributed by atoms with Gasteiger partial charge in [-0.05, 0) is 41.8 Å². The van der Waals surface area contributed by atoms with E-state index in [1.807, 2.05) is 42.5 Å². The van der Waals surface area contributed by atoms with Crippen LogP contribution in [0.2, 0.25) is 5.02 Å². The van der Waals surface area contributed by atoms with Crippen molar-refractivity contribution in [2.45, 2.75) is 0 Å². The number of carbonyl (C=O) groups excluding carboxylic acids is 2. The van der Waals surface area contributed by atoms with E-state index in [0.717, 1.165) is 10.8 Å². The summed E-state index contributed by atoms with van der Waals surface area (Å²) in [5.74, 6) is -0.547. The Morgan fingerprint density at radius 2 is 1.32 bits per heavy atom. The number of hydrogen-bond acceptors (Lipinski definition) is 2. The number of anilines is 1. The molecule has 3 nitrogen and oxygen atoms in total. The zero-order chi connectivity index (χ0) is 19.5. The van der Waals surface area contributed by atoms with E-state index in [2.05, 4.69) is 5.32 Å². The average molecular weight is 386 g/mol. The Kier molecular flexibility index (Phi) is 4.92. The van der Waals surface area contributed by atoms with Gasteiger partial charge in [-0.1, -0.05) is 66.2 Å². The number of benzene rings is 4. The lowest BCUT2D eigenvalue weighted by Gasteiger charge is -2.11. The van der Waals surface area contributed by atoms with Crippen molar-refractivity contribution < 1.29 is 9.59 Å². The van der Waals surface area contributed by atoms with E-state index in [1.165, 1.54) is 0 Å². The standard InChI is InChI=1S/C24H16ClNO2/c25-18-14-12-17(13-15-18)23(27)20-9-3-4-10-21(20)24(28)26-22-11-5-7-16-6-1-2-8-19(16)22/h1-15H,(H,26,28). The third-order valence-electron chi connectivity index (χ3n) is 4.56. The molecule has 0 saturated heterocycles. The summed E-state index contributed by atoms with van der Waals surface area (Å²) in [6, 6.07) is 27.0. The molecule has 0 aliphatic carbocycles. The Morgan fingerprint density at radius 1 is 0.679 bits per heavy atom. The van der Waals surface area contributed by atoms with E-state index in [-0.39, 0.29) is 11.7 Å². The van der Waals surface area contributed by atoms with Gasteiger partial charge in [0.15, 0.2) is 5.78 Å². The van der Waals surface area contributed by atoms with Crippen LogP contribution in [0.1, 0.15) is 26.3 Å². The topological polar surface area (TPSA) is 46.2 Å². The molecule has 4 rings (SSSR count). The molecule has 4 aromatic rings. The minimum absolute atomic E-state index is 0.222. The van der Waals surface area contributed by atoms with Crippen LogP contribution in [-0.4, -0.2) is 11.7 Å². The van der Waals surface area contributed by atoms with Crippen LogP contribution in [0.25, 0.3) is 10.8 Å². The Hall–Kier alpha value is -3.43. The minimum atomic E-state index is -0.325. The van der Waals surface area contributed by atoms with Crippen molar-refractivity contribution in [2.75, 3.05) is 5.32 Å². The monoisotopic (exact) mass is 385 g/mol. The average Bonchev–Trinajstić information content (AvgIpc) is 2.74. The molecule has 1 N–H and O–H groups in total. The first-order chi connectivity index (χ1) is 13.6. The van der Waals surface area contributed by atoms with Crippen LogP contribution in [0.15, 0.2) is 91.0 Å². The van der Waals surface area contributed by atoms with Crippen LogP contribution in [0.3, 0.4) is 0 Å². The fourth-order valence-corrected chi connectivity index (χ4v) is 3.29. The van der Waals surface area contributed by atoms with Crippen molar-refractivity contribution in [1.29, 1.82) is 0 Å². The van der Waals surface area contributed by atoms with Gasteiger partial charge in [0, 0.05) is 27.2 Å². The fourth-order valence-electron chi connectivity index (χ4n) is 3.16. The van der Waals surface area contributed by atoms with Gasteiger partial charge in [0.25, 0.3) is 5.91 Å². The van der Waals surface area contributed by atoms with Crippen LogP contribution < -0.4 is 5.32 Å². The summed E-state index contributed by atoms with van der Waals surface area (Å²) >= 11 is 5.91. The van der Waals surface area contributed by atoms with Gasteiger partial charge in [-0.25, -0.2) is 0 Å². The van der Waals surface area contributed by atoms with E-state index < -0.39 is 0 Å². The Balaban J connectivity index is 1.69. The normalized spacial score (nSPS) is 10.6. The summed E-state index contributed by atoms with van der Waals surface area (Å²) in [6.07, 6.45) is 0. The number of carbonyl (C=O) groups is 2. The third-order valence-corrected chi connectivity index (χ3v) is 4.81. The highest BCUT2D eigenvalue weighted by Gasteiger charge is 2.18. The van der Waals surface area contributed by atoms with Crippen molar-refractivity contribution >= 4 is 39.8 Å². The molecule has 0 saturated carbocycles. The molecular weight excluding hydrogens is 370 g/mol. The van der Waals surface area contributed by atoms with Gasteiger partial charge < -0.3 is 5.32 Å². The van der Waals surface area contributed by atoms with Crippen LogP contribution in [0.5, 0.6) is 0 Å². The van der Waals surface area contributed by atoms with Gasteiger partial charge in [0.05, 0.1) is 5.56 Å². The number of nitrogens with one attached hydrogen (secondary N) is 1. The molecule has 0 radical (unpaired) electrons. The number of fused-ring (bicyclic) bond motifs is 1. The molecular formula is C24H16ClNO2. The lowest BCUT2D eigenvalue weighted by molar-refractivity contribution is 0.0996. The Labute approximate surface area is 167 Å². The molecule has 0 aliphatic heterocycles. The maximum atomic E-state index is 13.0. The summed E-state index contributed by atoms with van der Waals surface area (Å²) in [4.78, 5) is 25.9. The maximum Gasteiger partial charge on any atom is 0.256 e. The second-order valence-corrected chi connectivity index (χ2v) is 6.80. The molecule has 0 bridgehead atoms. The van der Waals surface area contributed by atoms with E-state index in [9.17, 15) is 9.59 Å². The molecule has 4 aromatic carbocycles. The van der Waals surface area contributed by atoms with Crippen molar-refractivity contribution in [3.8, 4) is 0 Å². The second kappa shape index (κ2) is 7.67. The molecule has 1 amide bonds. The molecule has 0 fully saturated rings. The van der Waals surface area contributed by atoms with Crippen LogP contribution in [0, 0.1) is 0 Å². The molecule has 28 heavy (non-hydrogen) atoms. The molecule has 136 valence electrons. The molecule has 0 aromatic heterocycles. The molecule has 0 aliphatic rings. The van der Waals surface area contributed by atoms with E-state index in [4.69, 9.17) is 11.6 Å². The predicted molar refractivity (Wildman–Crippen MR) is 113 cm³/mol. The number of amides is 1. The zero-order valence-electron chi connectivity index (χ0n) is 14.9. The molecule has 0 atom stereocenters. The van der Waals surface area contributed by atoms with Crippen molar-refractivity contribution in [3.05, 3.63) is 113 Å². The summed E-state index contributed by atoms with van der Waals surface area (Å²) in [6.45, 7) is 0. The van der Waals surface area contributed by atoms with E-state index in [1.54, 1.807) is 48.5 Å². The Morgan fingerprint density at radius 3 is 2.11 bits per heavy atom. The molecule has 0 unspecified atom stereocenters. The van der Waals surface area contributed by atoms with Gasteiger partial charge in [0.1, 0.15) is 0 Å². The number of hydrogen-bond donors (Lipinski definition) is 1. The minimum Gasteiger partial charge on any atom is -0.321 e. The SMILES string of the molecule is O=C(Nc1cccc2ccccc12)c1ccccc1C(=O)c1ccc(Cl)cc1. The number of halogens is 1. The van der Waals surface area contributed by atoms with Crippen LogP contribution in [0.4, 0.5) is 5.69 Å². The number of ketones is 1. The first-order valence-electron chi connectivity index (χ1n) is 8.82. The van der Waals surface area contributed by atoms with Crippen molar-refractivity contribution in [3.63, 3.8) is 0 Å². The zero-order valence-corrected chi connectivity index (χ0v) is 15.6. The first kappa shape index (κ1) is 18.0. The van der Waals surface area contributed by atoms with Crippen LogP contribution >= 0.6 is 11.6 Å². The second-order valence-electron chi connectivity index (χ2n) is 6.36. The van der Waals surface area contributed by atoms with Gasteiger partial charge in [-0.3, -0.25) is 9.59 Å². The fraction of sp³-hybridized carbons (Fsp3) is 0. The van der Waals surface area contributed by atoms with Gasteiger partial charge in [0.2, 0.25) is 0 Å². The lowest BCUT2D eigenvalue weighted by atomic mass is 9.97. The highest BCUT2D eigenvalue weighted by atomic mass is 35.5. The molecule has 4 heteroatoms. The largest absolute Gasteiger partial charge is 0.321 e. The smallest absolute Gasteiger partial charge is 0.256 e. The van der Waals surface area contributed by atoms with Crippen molar-refractivity contribution in [2.24, 2.45) is 0 Å². The van der Waals surface area contributed by atoms with Gasteiger partial charge >= 0.3 is 0 Å². The lowest BCUT2D eigenvalue weighted by Crippen LogP contribution is -2.17. The molecule has 0 heterocycles. The highest BCUT2D eigenvalue weighted by Crippen LogP contribution is 2.24. The van der Waals surface area contributed by atoms with E-state index >= 15 is 0 Å². The quantitative estimate of drug-likeness (QED) is 0.439. The highest BCUT2D eigenvalue weighted by molar-refractivity contribution is 6.30. The Bertz CT molecular complexity index is 1180. The third kappa shape index (κ3) is 3.53. The van der Waals surface area contributed by atoms with Gasteiger partial charge in [-0.2, -0.15) is 0 Å². The summed E-state index contributed by atoms with van der Waals surface area (Å²) in [5.41, 5.74) is 1.87. The van der Waals surface area contributed by atoms with Gasteiger partial charge in [-0.15, -0.1) is 0 Å². The maximum absolute atomic E-state index is 13.0.